The Morgan fingerprint density at radius 1 is 1.25 bits per heavy atom. The van der Waals surface area contributed by atoms with E-state index in [1.165, 1.54) is 0 Å². The number of nitrogens with zero attached hydrogens (tertiary/aromatic N) is 1. The van der Waals surface area contributed by atoms with Crippen LogP contribution < -0.4 is 0 Å². The number of esters is 1. The van der Waals surface area contributed by atoms with Crippen molar-refractivity contribution < 1.29 is 32.5 Å². The van der Waals surface area contributed by atoms with E-state index in [1.54, 1.807) is 0 Å². The minimum Gasteiger partial charge on any atom is -0.870 e. The summed E-state index contributed by atoms with van der Waals surface area (Å²) in [6.45, 7) is 5.31. The Kier molecular flexibility index (Phi) is 10.5. The Balaban J connectivity index is 0. The highest BCUT2D eigenvalue weighted by Crippen LogP contribution is 2.05. The minimum absolute atomic E-state index is 0. The molecule has 120 valence electrons. The van der Waals surface area contributed by atoms with Gasteiger partial charge in [-0.15, -0.1) is 0 Å². The van der Waals surface area contributed by atoms with Gasteiger partial charge in [-0.25, -0.2) is 4.79 Å². The molecule has 0 bridgehead atoms. The second-order valence-electron chi connectivity index (χ2n) is 5.10. The summed E-state index contributed by atoms with van der Waals surface area (Å²) in [5.74, 6) is -0.609. The van der Waals surface area contributed by atoms with Gasteiger partial charge in [-0.2, -0.15) is 8.42 Å². The van der Waals surface area contributed by atoms with E-state index in [0.29, 0.717) is 13.0 Å². The topological polar surface area (TPSA) is 111 Å². The van der Waals surface area contributed by atoms with Gasteiger partial charge in [-0.1, -0.05) is 6.58 Å². The molecule has 0 aliphatic carbocycles. The maximum absolute atomic E-state index is 10.8. The van der Waals surface area contributed by atoms with Gasteiger partial charge in [0.15, 0.2) is 0 Å². The Morgan fingerprint density at radius 3 is 2.30 bits per heavy atom. The van der Waals surface area contributed by atoms with Crippen LogP contribution in [-0.2, 0) is 19.6 Å². The monoisotopic (exact) mass is 311 g/mol. The zero-order chi connectivity index (χ0) is 14.9. The van der Waals surface area contributed by atoms with Gasteiger partial charge in [0.25, 0.3) is 10.1 Å². The predicted molar refractivity (Wildman–Crippen MR) is 75.2 cm³/mol. The van der Waals surface area contributed by atoms with E-state index in [-0.39, 0.29) is 11.2 Å². The average molecular weight is 311 g/mol. The third kappa shape index (κ3) is 13.5. The highest BCUT2D eigenvalue weighted by molar-refractivity contribution is 7.85. The van der Waals surface area contributed by atoms with Crippen molar-refractivity contribution in [2.75, 3.05) is 39.5 Å². The molecule has 8 heteroatoms. The Bertz CT molecular complexity index is 391. The van der Waals surface area contributed by atoms with Crippen LogP contribution in [0.3, 0.4) is 0 Å². The van der Waals surface area contributed by atoms with Gasteiger partial charge in [0, 0.05) is 12.5 Å². The van der Waals surface area contributed by atoms with E-state index in [1.807, 2.05) is 14.1 Å². The molecule has 0 unspecified atom stereocenters. The van der Waals surface area contributed by atoms with Crippen LogP contribution in [0.5, 0.6) is 0 Å². The number of hydrogen-bond donors (Lipinski definition) is 1. The van der Waals surface area contributed by atoms with Crippen LogP contribution in [0.25, 0.3) is 0 Å². The third-order valence-electron chi connectivity index (χ3n) is 2.73. The van der Waals surface area contributed by atoms with Crippen molar-refractivity contribution >= 4 is 16.1 Å². The van der Waals surface area contributed by atoms with Crippen LogP contribution in [0.15, 0.2) is 12.7 Å². The summed E-state index contributed by atoms with van der Waals surface area (Å²) in [5.41, 5.74) is 0. The fraction of sp³-hybridized carbons (Fsp3) is 0.750. The molecule has 7 nitrogen and oxygen atoms in total. The SMILES string of the molecule is C=CC(=O)OCCC[N+](C)(C)CCCCS(=O)(=O)O.[OH-]. The van der Waals surface area contributed by atoms with E-state index in [0.717, 1.165) is 36.5 Å². The van der Waals surface area contributed by atoms with Gasteiger partial charge in [-0.05, 0) is 12.8 Å². The Hall–Kier alpha value is -0.960. The summed E-state index contributed by atoms with van der Waals surface area (Å²) in [6.07, 6.45) is 3.05. The zero-order valence-corrected chi connectivity index (χ0v) is 12.9. The van der Waals surface area contributed by atoms with Crippen molar-refractivity contribution in [2.45, 2.75) is 19.3 Å². The molecule has 0 rings (SSSR count). The lowest BCUT2D eigenvalue weighted by Gasteiger charge is -2.29. The molecule has 0 fully saturated rings. The molecule has 0 aromatic rings. The first-order chi connectivity index (χ1) is 8.66. The van der Waals surface area contributed by atoms with Gasteiger partial charge in [0.2, 0.25) is 0 Å². The zero-order valence-electron chi connectivity index (χ0n) is 12.1. The molecule has 0 aromatic carbocycles. The molecular weight excluding hydrogens is 286 g/mol. The smallest absolute Gasteiger partial charge is 0.330 e. The van der Waals surface area contributed by atoms with E-state index in [2.05, 4.69) is 6.58 Å². The van der Waals surface area contributed by atoms with E-state index >= 15 is 0 Å². The molecule has 2 N–H and O–H groups in total. The van der Waals surface area contributed by atoms with Gasteiger partial charge in [0.05, 0.1) is 39.5 Å². The lowest BCUT2D eigenvalue weighted by Crippen LogP contribution is -2.41. The number of rotatable bonds is 10. The van der Waals surface area contributed by atoms with E-state index in [9.17, 15) is 13.2 Å². The van der Waals surface area contributed by atoms with Crippen molar-refractivity contribution in [3.63, 3.8) is 0 Å². The average Bonchev–Trinajstić information content (AvgIpc) is 2.29. The second-order valence-corrected chi connectivity index (χ2v) is 6.67. The lowest BCUT2D eigenvalue weighted by molar-refractivity contribution is -0.890. The number of hydrogen-bond acceptors (Lipinski definition) is 5. The van der Waals surface area contributed by atoms with E-state index in [4.69, 9.17) is 9.29 Å². The van der Waals surface area contributed by atoms with E-state index < -0.39 is 16.1 Å². The number of ether oxygens (including phenoxy) is 1. The van der Waals surface area contributed by atoms with Crippen molar-refractivity contribution in [1.29, 1.82) is 0 Å². The van der Waals surface area contributed by atoms with Crippen LogP contribution in [0, 0.1) is 0 Å². The maximum atomic E-state index is 10.8. The first kappa shape index (κ1) is 21.3. The summed E-state index contributed by atoms with van der Waals surface area (Å²) < 4.78 is 35.3. The third-order valence-corrected chi connectivity index (χ3v) is 3.54. The normalized spacial score (nSPS) is 11.6. The maximum Gasteiger partial charge on any atom is 0.330 e. The van der Waals surface area contributed by atoms with Crippen molar-refractivity contribution in [1.82, 2.24) is 0 Å². The molecule has 0 aliphatic heterocycles. The van der Waals surface area contributed by atoms with Crippen molar-refractivity contribution in [3.8, 4) is 0 Å². The minimum atomic E-state index is -3.85. The van der Waals surface area contributed by atoms with Gasteiger partial charge in [-0.3, -0.25) is 4.55 Å². The van der Waals surface area contributed by atoms with Gasteiger partial charge < -0.3 is 14.7 Å². The second kappa shape index (κ2) is 9.87. The summed E-state index contributed by atoms with van der Waals surface area (Å²) in [7, 11) is 0.212. The quantitative estimate of drug-likeness (QED) is 0.209. The van der Waals surface area contributed by atoms with Crippen molar-refractivity contribution in [3.05, 3.63) is 12.7 Å². The fourth-order valence-corrected chi connectivity index (χ4v) is 2.23. The summed E-state index contributed by atoms with van der Waals surface area (Å²) >= 11 is 0. The van der Waals surface area contributed by atoms with Crippen LogP contribution in [0.1, 0.15) is 19.3 Å². The predicted octanol–water partition coefficient (Wildman–Crippen LogP) is 0.673. The molecule has 0 spiro atoms. The van der Waals surface area contributed by atoms with Gasteiger partial charge >= 0.3 is 5.97 Å². The van der Waals surface area contributed by atoms with Crippen molar-refractivity contribution in [2.24, 2.45) is 0 Å². The fourth-order valence-electron chi connectivity index (χ4n) is 1.66. The molecule has 20 heavy (non-hydrogen) atoms. The molecule has 0 heterocycles. The van der Waals surface area contributed by atoms with Crippen LogP contribution in [0.2, 0.25) is 0 Å². The summed E-state index contributed by atoms with van der Waals surface area (Å²) in [6, 6.07) is 0. The largest absolute Gasteiger partial charge is 0.870 e. The van der Waals surface area contributed by atoms with Crippen LogP contribution >= 0.6 is 0 Å². The number of carbonyl (C=O) groups excluding carboxylic acids is 1. The highest BCUT2D eigenvalue weighted by atomic mass is 32.2. The first-order valence-electron chi connectivity index (χ1n) is 6.23. The van der Waals surface area contributed by atoms with Crippen LogP contribution in [-0.4, -0.2) is 68.4 Å². The molecule has 0 radical (unpaired) electrons. The van der Waals surface area contributed by atoms with Crippen LogP contribution in [0.4, 0.5) is 0 Å². The molecule has 0 saturated carbocycles. The number of quaternary nitrogens is 1. The van der Waals surface area contributed by atoms with Gasteiger partial charge in [0.1, 0.15) is 0 Å². The molecule has 0 aromatic heterocycles. The molecule has 0 atom stereocenters. The number of carbonyl (C=O) groups is 1. The summed E-state index contributed by atoms with van der Waals surface area (Å²) in [5, 5.41) is 0. The molecule has 0 amide bonds. The first-order valence-corrected chi connectivity index (χ1v) is 7.83. The standard InChI is InChI=1S/C12H23NO5S.H2O/c1-4-12(14)18-10-7-9-13(2,3)8-5-6-11-19(15,16)17;/h4H,1,5-11H2,2-3H3;1H2. The number of unbranched alkanes of at least 4 members (excludes halogenated alkanes) is 1. The Labute approximate surface area is 120 Å². The Morgan fingerprint density at radius 2 is 1.80 bits per heavy atom. The molecular formula is C12H25NO6S. The summed E-state index contributed by atoms with van der Waals surface area (Å²) in [4.78, 5) is 10.8. The molecule has 0 saturated heterocycles. The molecule has 0 aliphatic rings. The highest BCUT2D eigenvalue weighted by Gasteiger charge is 2.15. The lowest BCUT2D eigenvalue weighted by atomic mass is 10.2.